The van der Waals surface area contributed by atoms with Gasteiger partial charge >= 0.3 is 0 Å². The molecule has 1 aliphatic rings. The fraction of sp³-hybridized carbons (Fsp3) is 0.517. The molecule has 37 heavy (non-hydrogen) atoms. The Morgan fingerprint density at radius 3 is 2.43 bits per heavy atom. The smallest absolute Gasteiger partial charge is 0.223 e. The standard InChI is InChI=1S/C13H16N2S.C10H17NO2.C4H5NO.C2H6/c1-9-6-11(4-5-12(9)7-14-3)13-10(2)15-8-16-13;1-8(2)6-10(13)11-5-3-4-9(11)7-12;1-4-2-3-6-5-4;1-2/h4-6,8,14H,7H2,1-3H3;7-9H,3-6H2,1-2H3;2-3H,1H3;1-2H3. The summed E-state index contributed by atoms with van der Waals surface area (Å²) in [7, 11) is 1.97. The minimum atomic E-state index is -0.147. The number of aldehydes is 1. The van der Waals surface area contributed by atoms with E-state index in [0.717, 1.165) is 43.6 Å². The summed E-state index contributed by atoms with van der Waals surface area (Å²) in [5.41, 5.74) is 7.91. The molecule has 0 bridgehead atoms. The van der Waals surface area contributed by atoms with Crippen LogP contribution in [0.25, 0.3) is 10.4 Å². The molecule has 1 saturated heterocycles. The molecule has 1 aromatic carbocycles. The number of benzene rings is 1. The van der Waals surface area contributed by atoms with Gasteiger partial charge in [-0.05, 0) is 63.3 Å². The number of carbonyl (C=O) groups excluding carboxylic acids is 2. The van der Waals surface area contributed by atoms with Crippen molar-refractivity contribution in [3.05, 3.63) is 58.6 Å². The molecule has 1 amide bonds. The number of aromatic nitrogens is 2. The van der Waals surface area contributed by atoms with Crippen molar-refractivity contribution in [1.82, 2.24) is 20.4 Å². The molecule has 8 heteroatoms. The normalized spacial score (nSPS) is 14.1. The molecule has 7 nitrogen and oxygen atoms in total. The van der Waals surface area contributed by atoms with Crippen LogP contribution in [0.2, 0.25) is 0 Å². The lowest BCUT2D eigenvalue weighted by atomic mass is 10.0. The average Bonchev–Trinajstić information content (AvgIpc) is 3.64. The van der Waals surface area contributed by atoms with E-state index in [0.29, 0.717) is 12.3 Å². The molecule has 3 aromatic rings. The zero-order chi connectivity index (χ0) is 27.8. The van der Waals surface area contributed by atoms with Crippen molar-refractivity contribution in [1.29, 1.82) is 0 Å². The Bertz CT molecular complexity index is 1050. The first-order valence-electron chi connectivity index (χ1n) is 13.0. The van der Waals surface area contributed by atoms with Gasteiger partial charge in [-0.2, -0.15) is 0 Å². The Morgan fingerprint density at radius 1 is 1.24 bits per heavy atom. The summed E-state index contributed by atoms with van der Waals surface area (Å²) < 4.78 is 4.46. The lowest BCUT2D eigenvalue weighted by Gasteiger charge is -2.21. The van der Waals surface area contributed by atoms with E-state index in [1.165, 1.54) is 21.6 Å². The van der Waals surface area contributed by atoms with Crippen LogP contribution >= 0.6 is 11.3 Å². The van der Waals surface area contributed by atoms with Crippen molar-refractivity contribution < 1.29 is 14.1 Å². The lowest BCUT2D eigenvalue weighted by Crippen LogP contribution is -2.36. The van der Waals surface area contributed by atoms with Crippen LogP contribution in [0.1, 0.15) is 69.5 Å². The van der Waals surface area contributed by atoms with Gasteiger partial charge in [0.2, 0.25) is 5.91 Å². The van der Waals surface area contributed by atoms with E-state index < -0.39 is 0 Å². The van der Waals surface area contributed by atoms with Gasteiger partial charge in [0.25, 0.3) is 0 Å². The quantitative estimate of drug-likeness (QED) is 0.374. The third-order valence-electron chi connectivity index (χ3n) is 5.64. The highest BCUT2D eigenvalue weighted by atomic mass is 32.1. The number of likely N-dealkylation sites (tertiary alicyclic amines) is 1. The maximum atomic E-state index is 11.6. The van der Waals surface area contributed by atoms with Gasteiger partial charge in [0.1, 0.15) is 12.5 Å². The number of hydrogen-bond acceptors (Lipinski definition) is 7. The van der Waals surface area contributed by atoms with Gasteiger partial charge in [0, 0.05) is 25.6 Å². The second-order valence-electron chi connectivity index (χ2n) is 9.11. The number of nitrogens with zero attached hydrogens (tertiary/aromatic N) is 3. The van der Waals surface area contributed by atoms with Gasteiger partial charge < -0.3 is 19.5 Å². The molecule has 1 unspecified atom stereocenters. The molecule has 1 aliphatic heterocycles. The second kappa shape index (κ2) is 17.6. The number of aryl methyl sites for hydroxylation is 3. The summed E-state index contributed by atoms with van der Waals surface area (Å²) in [6.07, 6.45) is 4.81. The first-order valence-corrected chi connectivity index (χ1v) is 13.9. The predicted octanol–water partition coefficient (Wildman–Crippen LogP) is 6.38. The zero-order valence-electron chi connectivity index (χ0n) is 23.7. The Kier molecular flexibility index (Phi) is 15.3. The van der Waals surface area contributed by atoms with Gasteiger partial charge in [-0.1, -0.05) is 51.1 Å². The number of amides is 1. The van der Waals surface area contributed by atoms with Crippen molar-refractivity contribution >= 4 is 23.5 Å². The number of thiazole rings is 1. The summed E-state index contributed by atoms with van der Waals surface area (Å²) in [6, 6.07) is 8.28. The third-order valence-corrected chi connectivity index (χ3v) is 6.62. The molecule has 2 aromatic heterocycles. The van der Waals surface area contributed by atoms with Gasteiger partial charge in [-0.3, -0.25) is 4.79 Å². The Morgan fingerprint density at radius 2 is 1.97 bits per heavy atom. The molecular formula is C29H44N4O3S. The van der Waals surface area contributed by atoms with Crippen LogP contribution in [-0.2, 0) is 16.1 Å². The first-order chi connectivity index (χ1) is 17.8. The van der Waals surface area contributed by atoms with Crippen molar-refractivity contribution in [2.45, 2.75) is 80.3 Å². The van der Waals surface area contributed by atoms with E-state index in [1.807, 2.05) is 47.2 Å². The zero-order valence-corrected chi connectivity index (χ0v) is 24.5. The number of rotatable bonds is 6. The fourth-order valence-electron chi connectivity index (χ4n) is 3.79. The molecular weight excluding hydrogens is 484 g/mol. The molecule has 204 valence electrons. The van der Waals surface area contributed by atoms with Crippen LogP contribution in [0.15, 0.2) is 40.6 Å². The van der Waals surface area contributed by atoms with E-state index in [4.69, 9.17) is 0 Å². The average molecular weight is 529 g/mol. The van der Waals surface area contributed by atoms with Gasteiger partial charge in [-0.15, -0.1) is 11.3 Å². The topological polar surface area (TPSA) is 88.3 Å². The molecule has 0 spiro atoms. The first kappa shape index (κ1) is 32.2. The Balaban J connectivity index is 0.000000291. The Labute approximate surface area is 226 Å². The van der Waals surface area contributed by atoms with Crippen molar-refractivity contribution in [2.24, 2.45) is 5.92 Å². The van der Waals surface area contributed by atoms with Crippen LogP contribution in [0.4, 0.5) is 0 Å². The Hall–Kier alpha value is -2.84. The highest BCUT2D eigenvalue weighted by Gasteiger charge is 2.28. The molecule has 1 fully saturated rings. The maximum absolute atomic E-state index is 11.6. The van der Waals surface area contributed by atoms with Crippen molar-refractivity contribution in [2.75, 3.05) is 13.6 Å². The molecule has 3 heterocycles. The van der Waals surface area contributed by atoms with Crippen LogP contribution in [0.3, 0.4) is 0 Å². The highest BCUT2D eigenvalue weighted by Crippen LogP contribution is 2.28. The summed E-state index contributed by atoms with van der Waals surface area (Å²) in [6.45, 7) is 15.8. The largest absolute Gasteiger partial charge is 0.365 e. The molecule has 4 rings (SSSR count). The van der Waals surface area contributed by atoms with Gasteiger partial charge in [0.15, 0.2) is 0 Å². The van der Waals surface area contributed by atoms with E-state index in [1.54, 1.807) is 28.6 Å². The van der Waals surface area contributed by atoms with E-state index in [9.17, 15) is 9.59 Å². The predicted molar refractivity (Wildman–Crippen MR) is 153 cm³/mol. The minimum absolute atomic E-state index is 0.129. The second-order valence-corrected chi connectivity index (χ2v) is 9.96. The van der Waals surface area contributed by atoms with Crippen LogP contribution in [0.5, 0.6) is 0 Å². The van der Waals surface area contributed by atoms with E-state index in [2.05, 4.69) is 52.0 Å². The number of nitrogens with one attached hydrogen (secondary N) is 1. The summed E-state index contributed by atoms with van der Waals surface area (Å²) in [4.78, 5) is 29.5. The summed E-state index contributed by atoms with van der Waals surface area (Å²) in [5, 5.41) is 6.72. The van der Waals surface area contributed by atoms with Crippen LogP contribution < -0.4 is 5.32 Å². The molecule has 0 radical (unpaired) electrons. The van der Waals surface area contributed by atoms with Gasteiger partial charge in [0.05, 0.1) is 27.8 Å². The highest BCUT2D eigenvalue weighted by molar-refractivity contribution is 7.13. The van der Waals surface area contributed by atoms with Crippen molar-refractivity contribution in [3.63, 3.8) is 0 Å². The number of carbonyl (C=O) groups is 2. The fourth-order valence-corrected chi connectivity index (χ4v) is 4.59. The number of hydrogen-bond donors (Lipinski definition) is 1. The van der Waals surface area contributed by atoms with Crippen LogP contribution in [-0.4, -0.2) is 46.9 Å². The monoisotopic (exact) mass is 528 g/mol. The molecule has 0 aliphatic carbocycles. The molecule has 0 saturated carbocycles. The SMILES string of the molecule is CC.CC(C)CC(=O)N1CCCC1C=O.CNCc1ccc(-c2scnc2C)cc1C.Cc1ccon1. The van der Waals surface area contributed by atoms with Crippen LogP contribution in [0, 0.1) is 26.7 Å². The lowest BCUT2D eigenvalue weighted by molar-refractivity contribution is -0.135. The van der Waals surface area contributed by atoms with Crippen molar-refractivity contribution in [3.8, 4) is 10.4 Å². The maximum Gasteiger partial charge on any atom is 0.223 e. The molecule has 1 atom stereocenters. The van der Waals surface area contributed by atoms with E-state index in [-0.39, 0.29) is 11.9 Å². The minimum Gasteiger partial charge on any atom is -0.365 e. The summed E-state index contributed by atoms with van der Waals surface area (Å²) >= 11 is 1.70. The molecule has 1 N–H and O–H groups in total. The third kappa shape index (κ3) is 11.0. The van der Waals surface area contributed by atoms with E-state index >= 15 is 0 Å². The van der Waals surface area contributed by atoms with Gasteiger partial charge in [-0.25, -0.2) is 4.98 Å². The summed E-state index contributed by atoms with van der Waals surface area (Å²) in [5.74, 6) is 0.505.